The van der Waals surface area contributed by atoms with Gasteiger partial charge in [-0.3, -0.25) is 9.80 Å². The van der Waals surface area contributed by atoms with E-state index in [4.69, 9.17) is 9.47 Å². The van der Waals surface area contributed by atoms with Gasteiger partial charge in [0.25, 0.3) is 0 Å². The molecule has 0 amide bonds. The largest absolute Gasteiger partial charge is 0.493 e. The highest BCUT2D eigenvalue weighted by molar-refractivity contribution is 5.39. The van der Waals surface area contributed by atoms with Crippen LogP contribution in [0.3, 0.4) is 0 Å². The average Bonchev–Trinajstić information content (AvgIpc) is 2.56. The topological polar surface area (TPSA) is 45.2 Å². The Kier molecular flexibility index (Phi) is 6.90. The molecule has 24 heavy (non-hydrogen) atoms. The van der Waals surface area contributed by atoms with E-state index in [1.54, 1.807) is 7.11 Å². The third-order valence-electron chi connectivity index (χ3n) is 4.63. The van der Waals surface area contributed by atoms with Crippen molar-refractivity contribution in [3.8, 4) is 11.5 Å². The van der Waals surface area contributed by atoms with E-state index in [9.17, 15) is 5.11 Å². The summed E-state index contributed by atoms with van der Waals surface area (Å²) in [5, 5.41) is 10.2. The van der Waals surface area contributed by atoms with E-state index in [0.29, 0.717) is 6.61 Å². The fraction of sp³-hybridized carbons (Fsp3) is 0.684. The number of hydrogen-bond acceptors (Lipinski definition) is 5. The Morgan fingerprint density at radius 2 is 1.62 bits per heavy atom. The molecule has 0 spiro atoms. The van der Waals surface area contributed by atoms with Crippen LogP contribution in [0.4, 0.5) is 0 Å². The normalized spacial score (nSPS) is 18.4. The molecule has 1 saturated heterocycles. The molecule has 1 N–H and O–H groups in total. The minimum Gasteiger partial charge on any atom is -0.493 e. The van der Waals surface area contributed by atoms with Crippen molar-refractivity contribution in [2.24, 2.45) is 5.41 Å². The summed E-state index contributed by atoms with van der Waals surface area (Å²) in [6.45, 7) is 12.6. The first-order valence-corrected chi connectivity index (χ1v) is 8.79. The summed E-state index contributed by atoms with van der Waals surface area (Å²) in [5.41, 5.74) is -0.0558. The van der Waals surface area contributed by atoms with Crippen LogP contribution in [0.1, 0.15) is 20.8 Å². The van der Waals surface area contributed by atoms with Gasteiger partial charge in [-0.15, -0.1) is 0 Å². The first-order valence-electron chi connectivity index (χ1n) is 8.79. The summed E-state index contributed by atoms with van der Waals surface area (Å²) in [5.74, 6) is 1.57. The standard InChI is InChI=1S/C19H32N2O3/c1-19(2,3)18(22)15-21-11-9-20(10-12-21)13-14-24-17-8-6-5-7-16(17)23-4/h5-8,18,22H,9-15H2,1-4H3/t18-/m0/s1. The second-order valence-corrected chi connectivity index (χ2v) is 7.52. The van der Waals surface area contributed by atoms with Gasteiger partial charge in [0.1, 0.15) is 6.61 Å². The summed E-state index contributed by atoms with van der Waals surface area (Å²) in [4.78, 5) is 4.77. The van der Waals surface area contributed by atoms with Gasteiger partial charge in [0.15, 0.2) is 11.5 Å². The maximum absolute atomic E-state index is 10.2. The number of nitrogens with zero attached hydrogens (tertiary/aromatic N) is 2. The minimum absolute atomic E-state index is 0.0558. The predicted octanol–water partition coefficient (Wildman–Crippen LogP) is 2.10. The second-order valence-electron chi connectivity index (χ2n) is 7.52. The van der Waals surface area contributed by atoms with Crippen molar-refractivity contribution in [1.29, 1.82) is 0 Å². The van der Waals surface area contributed by atoms with Gasteiger partial charge >= 0.3 is 0 Å². The monoisotopic (exact) mass is 336 g/mol. The highest BCUT2D eigenvalue weighted by atomic mass is 16.5. The number of ether oxygens (including phenoxy) is 2. The molecule has 0 aromatic heterocycles. The molecule has 1 aromatic carbocycles. The molecule has 2 rings (SSSR count). The molecule has 5 heteroatoms. The van der Waals surface area contributed by atoms with E-state index < -0.39 is 0 Å². The first kappa shape index (κ1) is 19.0. The molecule has 1 aromatic rings. The number of β-amino-alcohol motifs (C(OH)–C–C–N with tert-alkyl or cyclic N) is 1. The fourth-order valence-electron chi connectivity index (χ4n) is 2.74. The van der Waals surface area contributed by atoms with E-state index in [1.165, 1.54) is 0 Å². The van der Waals surface area contributed by atoms with Gasteiger partial charge in [-0.05, 0) is 17.5 Å². The molecule has 1 heterocycles. The quantitative estimate of drug-likeness (QED) is 0.826. The molecule has 0 radical (unpaired) electrons. The number of aliphatic hydroxyl groups excluding tert-OH is 1. The van der Waals surface area contributed by atoms with Crippen LogP contribution in [0.25, 0.3) is 0 Å². The number of aliphatic hydroxyl groups is 1. The van der Waals surface area contributed by atoms with E-state index in [1.807, 2.05) is 24.3 Å². The lowest BCUT2D eigenvalue weighted by molar-refractivity contribution is 0.0122. The Bertz CT molecular complexity index is 494. The van der Waals surface area contributed by atoms with Crippen molar-refractivity contribution >= 4 is 0 Å². The highest BCUT2D eigenvalue weighted by Gasteiger charge is 2.26. The van der Waals surface area contributed by atoms with Gasteiger partial charge in [0.05, 0.1) is 13.2 Å². The van der Waals surface area contributed by atoms with Crippen molar-refractivity contribution < 1.29 is 14.6 Å². The van der Waals surface area contributed by atoms with E-state index in [2.05, 4.69) is 30.6 Å². The summed E-state index contributed by atoms with van der Waals surface area (Å²) in [6.07, 6.45) is -0.280. The fourth-order valence-corrected chi connectivity index (χ4v) is 2.74. The maximum Gasteiger partial charge on any atom is 0.161 e. The van der Waals surface area contributed by atoms with Crippen LogP contribution < -0.4 is 9.47 Å². The molecular formula is C19H32N2O3. The smallest absolute Gasteiger partial charge is 0.161 e. The number of hydrogen-bond donors (Lipinski definition) is 1. The van der Waals surface area contributed by atoms with Gasteiger partial charge in [-0.25, -0.2) is 0 Å². The Hall–Kier alpha value is -1.30. The van der Waals surface area contributed by atoms with Crippen molar-refractivity contribution in [2.75, 3.05) is 53.0 Å². The third kappa shape index (κ3) is 5.65. The highest BCUT2D eigenvalue weighted by Crippen LogP contribution is 2.25. The van der Waals surface area contributed by atoms with Crippen LogP contribution >= 0.6 is 0 Å². The molecule has 0 saturated carbocycles. The Morgan fingerprint density at radius 1 is 1.04 bits per heavy atom. The lowest BCUT2D eigenvalue weighted by Gasteiger charge is -2.37. The lowest BCUT2D eigenvalue weighted by atomic mass is 9.89. The molecule has 1 aliphatic heterocycles. The van der Waals surface area contributed by atoms with Gasteiger partial charge in [0, 0.05) is 39.3 Å². The lowest BCUT2D eigenvalue weighted by Crippen LogP contribution is -2.50. The minimum atomic E-state index is -0.280. The maximum atomic E-state index is 10.2. The molecule has 5 nitrogen and oxygen atoms in total. The molecule has 0 aliphatic carbocycles. The Morgan fingerprint density at radius 3 is 2.21 bits per heavy atom. The molecule has 1 fully saturated rings. The number of para-hydroxylation sites is 2. The van der Waals surface area contributed by atoms with Crippen molar-refractivity contribution in [3.63, 3.8) is 0 Å². The van der Waals surface area contributed by atoms with Gasteiger partial charge in [0.2, 0.25) is 0 Å². The molecule has 1 atom stereocenters. The number of piperazine rings is 1. The first-order chi connectivity index (χ1) is 11.4. The predicted molar refractivity (Wildman–Crippen MR) is 96.8 cm³/mol. The zero-order chi connectivity index (χ0) is 17.6. The summed E-state index contributed by atoms with van der Waals surface area (Å²) in [6, 6.07) is 7.74. The summed E-state index contributed by atoms with van der Waals surface area (Å²) < 4.78 is 11.1. The zero-order valence-electron chi connectivity index (χ0n) is 15.5. The molecular weight excluding hydrogens is 304 g/mol. The van der Waals surface area contributed by atoms with Gasteiger partial charge in [-0.1, -0.05) is 32.9 Å². The van der Waals surface area contributed by atoms with E-state index in [0.717, 1.165) is 50.8 Å². The Labute approximate surface area is 146 Å². The van der Waals surface area contributed by atoms with Crippen molar-refractivity contribution in [3.05, 3.63) is 24.3 Å². The van der Waals surface area contributed by atoms with Crippen LogP contribution in [-0.4, -0.2) is 74.0 Å². The van der Waals surface area contributed by atoms with Crippen LogP contribution in [-0.2, 0) is 0 Å². The Balaban J connectivity index is 1.68. The summed E-state index contributed by atoms with van der Waals surface area (Å²) >= 11 is 0. The molecule has 0 bridgehead atoms. The number of methoxy groups -OCH3 is 1. The van der Waals surface area contributed by atoms with Gasteiger partial charge in [-0.2, -0.15) is 0 Å². The zero-order valence-corrected chi connectivity index (χ0v) is 15.5. The van der Waals surface area contributed by atoms with Crippen LogP contribution in [0.5, 0.6) is 11.5 Å². The second kappa shape index (κ2) is 8.70. The average molecular weight is 336 g/mol. The molecule has 0 unspecified atom stereocenters. The van der Waals surface area contributed by atoms with Crippen LogP contribution in [0.2, 0.25) is 0 Å². The number of benzene rings is 1. The summed E-state index contributed by atoms with van der Waals surface area (Å²) in [7, 11) is 1.66. The molecule has 1 aliphatic rings. The molecule has 136 valence electrons. The SMILES string of the molecule is COc1ccccc1OCCN1CCN(C[C@H](O)C(C)(C)C)CC1. The van der Waals surface area contributed by atoms with Crippen molar-refractivity contribution in [1.82, 2.24) is 9.80 Å². The van der Waals surface area contributed by atoms with Crippen molar-refractivity contribution in [2.45, 2.75) is 26.9 Å². The number of rotatable bonds is 7. The van der Waals surface area contributed by atoms with Crippen LogP contribution in [0, 0.1) is 5.41 Å². The van der Waals surface area contributed by atoms with Gasteiger partial charge < -0.3 is 14.6 Å². The van der Waals surface area contributed by atoms with E-state index >= 15 is 0 Å². The van der Waals surface area contributed by atoms with Crippen LogP contribution in [0.15, 0.2) is 24.3 Å². The van der Waals surface area contributed by atoms with E-state index in [-0.39, 0.29) is 11.5 Å². The third-order valence-corrected chi connectivity index (χ3v) is 4.63.